The number of hydrazone groups is 1. The van der Waals surface area contributed by atoms with Gasteiger partial charge < -0.3 is 26.0 Å². The van der Waals surface area contributed by atoms with Gasteiger partial charge in [-0.1, -0.05) is 24.3 Å². The highest BCUT2D eigenvalue weighted by molar-refractivity contribution is 7.87. The van der Waals surface area contributed by atoms with Crippen molar-refractivity contribution in [2.24, 2.45) is 15.3 Å². The van der Waals surface area contributed by atoms with E-state index in [9.17, 15) is 61.8 Å². The Labute approximate surface area is 339 Å². The van der Waals surface area contributed by atoms with Crippen molar-refractivity contribution in [3.8, 4) is 5.75 Å². The molecule has 0 aromatic heterocycles. The summed E-state index contributed by atoms with van der Waals surface area (Å²) in [5, 5.41) is 22.3. The lowest BCUT2D eigenvalue weighted by Gasteiger charge is -2.18. The van der Waals surface area contributed by atoms with E-state index in [2.05, 4.69) is 20.7 Å². The summed E-state index contributed by atoms with van der Waals surface area (Å²) in [6, 6.07) is 3.15. The minimum Gasteiger partial charge on any atom is -0.505 e. The van der Waals surface area contributed by atoms with E-state index in [1.807, 2.05) is 0 Å². The predicted octanol–water partition coefficient (Wildman–Crippen LogP) is 2.67. The number of nitrogens with zero attached hydrogens (tertiary/aromatic N) is 3. The first-order chi connectivity index (χ1) is 27.9. The van der Waals surface area contributed by atoms with Crippen LogP contribution in [0.4, 0.5) is 17.1 Å². The first-order valence-corrected chi connectivity index (χ1v) is 21.9. The molecule has 3 aromatic rings. The van der Waals surface area contributed by atoms with Gasteiger partial charge in [-0.2, -0.15) is 38.8 Å². The average molecular weight is 905 g/mol. The largest absolute Gasteiger partial charge is 0.505 e. The number of hydrogen-bond donors (Lipinski definition) is 8. The molecular formula is C34H28N6O16S4. The number of nitrogens with one attached hydrogen (secondary N) is 1. The molecule has 0 bridgehead atoms. The van der Waals surface area contributed by atoms with Crippen LogP contribution in [0.3, 0.4) is 0 Å². The summed E-state index contributed by atoms with van der Waals surface area (Å²) in [5.41, 5.74) is 12.4. The van der Waals surface area contributed by atoms with Crippen LogP contribution < -0.4 is 16.9 Å². The zero-order valence-electron chi connectivity index (χ0n) is 30.3. The number of phenolic OH excluding ortho intramolecular Hbond substituents is 1. The first-order valence-electron chi connectivity index (χ1n) is 16.2. The number of nitrogen functional groups attached to an aromatic ring is 2. The van der Waals surface area contributed by atoms with Gasteiger partial charge in [0, 0.05) is 10.9 Å². The van der Waals surface area contributed by atoms with Crippen LogP contribution >= 0.6 is 0 Å². The number of allylic oxidation sites excluding steroid dienone is 9. The smallest absolute Gasteiger partial charge is 0.296 e. The van der Waals surface area contributed by atoms with Gasteiger partial charge in [-0.25, -0.2) is 0 Å². The van der Waals surface area contributed by atoms with Crippen LogP contribution in [0.15, 0.2) is 124 Å². The standard InChI is InChI=1S/C34H28N6O16S4/c1-55-23-11-15(3-7-19(23)37-39-21-9-5-17-25(57(43,44)45)13-27(59(49,50)51)31(35)29(17)33(21)41)16-4-8-20(24(12-16)56-2)38-40-22-10-6-18-26(58(46,47)48)14-28(60(52,53)54)32(36)30(18)34(22)42/h3-14,39,41H,35-36H2,1-2H3,(H,43,44,45)(H,46,47,48)(H,49,50,51)(H,52,53,54). The second-order valence-electron chi connectivity index (χ2n) is 12.4. The van der Waals surface area contributed by atoms with Crippen molar-refractivity contribution < 1.29 is 71.3 Å². The highest BCUT2D eigenvalue weighted by Crippen LogP contribution is 2.42. The highest BCUT2D eigenvalue weighted by atomic mass is 32.2. The van der Waals surface area contributed by atoms with E-state index in [0.29, 0.717) is 23.3 Å². The van der Waals surface area contributed by atoms with Gasteiger partial charge in [0.2, 0.25) is 5.78 Å². The number of Topliss-reactive ketones (excluding diaryl/α,β-unsaturated/α-hetero) is 1. The number of methoxy groups -OCH3 is 2. The van der Waals surface area contributed by atoms with Gasteiger partial charge >= 0.3 is 0 Å². The summed E-state index contributed by atoms with van der Waals surface area (Å²) in [4.78, 5) is 9.23. The Balaban J connectivity index is 1.30. The molecule has 0 unspecified atom stereocenters. The van der Waals surface area contributed by atoms with Crippen molar-refractivity contribution in [1.29, 1.82) is 0 Å². The Bertz CT molecular complexity index is 3230. The third-order valence-corrected chi connectivity index (χ3v) is 12.4. The molecule has 314 valence electrons. The number of phenols is 1. The Kier molecular flexibility index (Phi) is 11.0. The zero-order chi connectivity index (χ0) is 44.3. The molecule has 60 heavy (non-hydrogen) atoms. The number of anilines is 3. The molecule has 26 heteroatoms. The van der Waals surface area contributed by atoms with Crippen LogP contribution in [-0.4, -0.2) is 94.1 Å². The van der Waals surface area contributed by atoms with Gasteiger partial charge in [0.15, 0.2) is 5.75 Å². The van der Waals surface area contributed by atoms with Crippen LogP contribution in [0.1, 0.15) is 15.9 Å². The van der Waals surface area contributed by atoms with E-state index in [4.69, 9.17) is 20.9 Å². The predicted molar refractivity (Wildman–Crippen MR) is 215 cm³/mol. The molecule has 0 aliphatic heterocycles. The van der Waals surface area contributed by atoms with Crippen molar-refractivity contribution in [2.75, 3.05) is 31.1 Å². The van der Waals surface area contributed by atoms with Crippen molar-refractivity contribution >= 4 is 97.3 Å². The molecule has 3 aliphatic carbocycles. The fourth-order valence-corrected chi connectivity index (χ4v) is 8.92. The van der Waals surface area contributed by atoms with Crippen LogP contribution in [-0.2, 0) is 49.9 Å². The quantitative estimate of drug-likeness (QED) is 0.0662. The summed E-state index contributed by atoms with van der Waals surface area (Å²) in [6.07, 6.45) is 11.4. The molecule has 0 spiro atoms. The lowest BCUT2D eigenvalue weighted by atomic mass is 9.93. The number of ether oxygens (including phenoxy) is 2. The Morgan fingerprint density at radius 1 is 0.617 bits per heavy atom. The normalized spacial score (nSPS) is 19.2. The van der Waals surface area contributed by atoms with E-state index < -0.39 is 105 Å². The second-order valence-corrected chi connectivity index (χ2v) is 18.0. The Hall–Kier alpha value is -6.52. The van der Waals surface area contributed by atoms with Crippen molar-refractivity contribution in [3.05, 3.63) is 101 Å². The van der Waals surface area contributed by atoms with Crippen molar-refractivity contribution in [3.63, 3.8) is 0 Å². The molecule has 0 radical (unpaired) electrons. The zero-order valence-corrected chi connectivity index (χ0v) is 33.6. The minimum atomic E-state index is -5.15. The van der Waals surface area contributed by atoms with Crippen LogP contribution in [0.25, 0.3) is 16.8 Å². The van der Waals surface area contributed by atoms with E-state index in [-0.39, 0.29) is 34.0 Å². The topological polar surface area (TPSA) is 374 Å². The van der Waals surface area contributed by atoms with Crippen molar-refractivity contribution in [2.45, 2.75) is 19.6 Å². The summed E-state index contributed by atoms with van der Waals surface area (Å²) in [5.74, 6) is -1.54. The van der Waals surface area contributed by atoms with E-state index in [1.54, 1.807) is 24.3 Å². The monoisotopic (exact) mass is 904 g/mol. The van der Waals surface area contributed by atoms with Crippen LogP contribution in [0.5, 0.6) is 5.75 Å². The van der Waals surface area contributed by atoms with Gasteiger partial charge in [-0.15, -0.1) is 10.2 Å². The number of ketones is 1. The molecule has 0 amide bonds. The maximum Gasteiger partial charge on any atom is 0.296 e. The summed E-state index contributed by atoms with van der Waals surface area (Å²) in [7, 11) is -17.8. The molecule has 0 fully saturated rings. The third kappa shape index (κ3) is 8.07. The highest BCUT2D eigenvalue weighted by Gasteiger charge is 2.33. The number of carbonyl (C=O) groups excluding carboxylic acids is 1. The van der Waals surface area contributed by atoms with Crippen LogP contribution in [0.2, 0.25) is 0 Å². The molecular weight excluding hydrogens is 877 g/mol. The number of benzene rings is 3. The van der Waals surface area contributed by atoms with Crippen LogP contribution in [0, 0.1) is 0 Å². The third-order valence-electron chi connectivity index (χ3n) is 8.81. The molecule has 10 N–H and O–H groups in total. The maximum absolute atomic E-state index is 13.4. The Morgan fingerprint density at radius 3 is 1.65 bits per heavy atom. The lowest BCUT2D eigenvalue weighted by Crippen LogP contribution is -2.22. The maximum atomic E-state index is 13.4. The summed E-state index contributed by atoms with van der Waals surface area (Å²) >= 11 is 0. The van der Waals surface area contributed by atoms with E-state index in [1.165, 1.54) is 32.4 Å². The van der Waals surface area contributed by atoms with E-state index >= 15 is 0 Å². The molecule has 3 aliphatic rings. The average Bonchev–Trinajstić information content (AvgIpc) is 3.15. The van der Waals surface area contributed by atoms with E-state index in [0.717, 1.165) is 18.2 Å². The fourth-order valence-electron chi connectivity index (χ4n) is 6.05. The molecule has 0 saturated carbocycles. The molecule has 0 heterocycles. The number of nitrogens with two attached hydrogens (primary N) is 2. The molecule has 6 rings (SSSR count). The molecule has 3 aromatic carbocycles. The number of fused-ring (bicyclic) bond motifs is 2. The summed E-state index contributed by atoms with van der Waals surface area (Å²) < 4.78 is 145. The first kappa shape index (κ1) is 43.1. The van der Waals surface area contributed by atoms with Crippen molar-refractivity contribution in [1.82, 2.24) is 0 Å². The van der Waals surface area contributed by atoms with Gasteiger partial charge in [-0.05, 0) is 59.7 Å². The van der Waals surface area contributed by atoms with Gasteiger partial charge in [0.1, 0.15) is 48.2 Å². The molecule has 0 atom stereocenters. The number of aromatic hydroxyl groups is 1. The fraction of sp³-hybridized carbons (Fsp3) is 0.0588. The van der Waals surface area contributed by atoms with Gasteiger partial charge in [0.05, 0.1) is 42.2 Å². The molecule has 22 nitrogen and oxygen atoms in total. The number of hydrogen-bond acceptors (Lipinski definition) is 18. The van der Waals surface area contributed by atoms with Gasteiger partial charge in [-0.3, -0.25) is 28.4 Å². The lowest BCUT2D eigenvalue weighted by molar-refractivity contribution is 0.106. The SMILES string of the molecule is COC1=CC(=C2C=CC(=NNc3ccc4c(S(=O)(=O)O)cc(S(=O)(=O)O)c(N)c4c3O)C(OC)=C2)C=CC1=NN=C1C=Cc2c(S(=O)(=O)O)cc(S(=O)(=O)O)c(N)c2C1=O. The Morgan fingerprint density at radius 2 is 1.10 bits per heavy atom. The van der Waals surface area contributed by atoms with Gasteiger partial charge in [0.25, 0.3) is 40.5 Å². The number of carbonyl (C=O) groups is 1. The molecule has 0 saturated heterocycles. The second kappa shape index (κ2) is 15.3. The minimum absolute atomic E-state index is 0.0880. The summed E-state index contributed by atoms with van der Waals surface area (Å²) in [6.45, 7) is 0. The number of rotatable bonds is 9.